The number of aliphatic hydroxyl groups is 2. The smallest absolute Gasteiger partial charge is 0.390 e. The van der Waals surface area contributed by atoms with E-state index in [4.69, 9.17) is 9.05 Å². The third kappa shape index (κ3) is 34.4. The first-order valence-corrected chi connectivity index (χ1v) is 22.4. The summed E-state index contributed by atoms with van der Waals surface area (Å²) in [6.45, 7) is 4.35. The number of nitrogens with zero attached hydrogens (tertiary/aromatic N) is 1. The van der Waals surface area contributed by atoms with Gasteiger partial charge in [-0.2, -0.15) is 0 Å². The fourth-order valence-corrected chi connectivity index (χ4v) is 6.62. The maximum atomic E-state index is 12.9. The van der Waals surface area contributed by atoms with Crippen molar-refractivity contribution >= 4 is 13.7 Å². The molecule has 4 atom stereocenters. The van der Waals surface area contributed by atoms with E-state index < -0.39 is 32.7 Å². The zero-order valence-corrected chi connectivity index (χ0v) is 35.1. The van der Waals surface area contributed by atoms with Crippen LogP contribution < -0.4 is 5.32 Å². The number of amides is 1. The predicted octanol–water partition coefficient (Wildman–Crippen LogP) is 10.1. The van der Waals surface area contributed by atoms with E-state index in [1.165, 1.54) is 83.5 Å². The molecular weight excluding hydrogens is 675 g/mol. The molecule has 0 fully saturated rings. The SMILES string of the molecule is C/C=C/CC/C=C/CC/C=C/CCCC(O)C(O)C(COP(=O)(O)OCC[N+](C)(C)C)NC(=O)CCCCCCCCCCCCCCCCCC. The minimum absolute atomic E-state index is 0.0130. The average Bonchev–Trinajstić information content (AvgIpc) is 3.09. The number of aliphatic hydroxyl groups excluding tert-OH is 2. The number of quaternary nitrogens is 1. The largest absolute Gasteiger partial charge is 0.472 e. The number of nitrogens with one attached hydrogen (secondary N) is 1. The Bertz CT molecular complexity index is 966. The molecule has 0 aliphatic carbocycles. The quantitative estimate of drug-likeness (QED) is 0.0215. The predicted molar refractivity (Wildman–Crippen MR) is 218 cm³/mol. The molecule has 0 bridgehead atoms. The number of allylic oxidation sites excluding steroid dienone is 6. The highest BCUT2D eigenvalue weighted by molar-refractivity contribution is 7.47. The molecule has 0 aromatic carbocycles. The average molecular weight is 758 g/mol. The van der Waals surface area contributed by atoms with Crippen molar-refractivity contribution in [2.75, 3.05) is 40.9 Å². The molecule has 10 heteroatoms. The summed E-state index contributed by atoms with van der Waals surface area (Å²) in [6.07, 6.45) is 36.5. The fraction of sp³-hybridized carbons (Fsp3) is 0.833. The van der Waals surface area contributed by atoms with Crippen LogP contribution in [0.15, 0.2) is 36.5 Å². The Morgan fingerprint density at radius 2 is 1.15 bits per heavy atom. The van der Waals surface area contributed by atoms with Gasteiger partial charge in [-0.1, -0.05) is 140 Å². The number of hydrogen-bond acceptors (Lipinski definition) is 6. The lowest BCUT2D eigenvalue weighted by molar-refractivity contribution is -0.870. The number of carbonyl (C=O) groups excluding carboxylic acids is 1. The third-order valence-corrected chi connectivity index (χ3v) is 10.3. The number of unbranched alkanes of at least 4 members (excludes halogenated alkanes) is 18. The van der Waals surface area contributed by atoms with Crippen molar-refractivity contribution < 1.29 is 38.0 Å². The minimum Gasteiger partial charge on any atom is -0.390 e. The van der Waals surface area contributed by atoms with Gasteiger partial charge in [0.05, 0.1) is 39.9 Å². The van der Waals surface area contributed by atoms with Gasteiger partial charge in [-0.3, -0.25) is 13.8 Å². The van der Waals surface area contributed by atoms with Gasteiger partial charge in [0.25, 0.3) is 0 Å². The second-order valence-electron chi connectivity index (χ2n) is 15.5. The lowest BCUT2D eigenvalue weighted by atomic mass is 10.0. The highest BCUT2D eigenvalue weighted by Gasteiger charge is 2.31. The van der Waals surface area contributed by atoms with Crippen LogP contribution >= 0.6 is 7.82 Å². The maximum Gasteiger partial charge on any atom is 0.472 e. The van der Waals surface area contributed by atoms with Crippen molar-refractivity contribution in [1.29, 1.82) is 0 Å². The highest BCUT2D eigenvalue weighted by Crippen LogP contribution is 2.43. The van der Waals surface area contributed by atoms with Crippen molar-refractivity contribution in [3.63, 3.8) is 0 Å². The zero-order valence-electron chi connectivity index (χ0n) is 34.2. The van der Waals surface area contributed by atoms with E-state index in [1.807, 2.05) is 28.1 Å². The minimum atomic E-state index is -4.42. The molecule has 4 N–H and O–H groups in total. The lowest BCUT2D eigenvalue weighted by Crippen LogP contribution is -2.51. The van der Waals surface area contributed by atoms with Crippen LogP contribution in [-0.4, -0.2) is 84.6 Å². The van der Waals surface area contributed by atoms with E-state index in [1.54, 1.807) is 0 Å². The Balaban J connectivity index is 4.57. The fourth-order valence-electron chi connectivity index (χ4n) is 5.89. The first-order chi connectivity index (χ1) is 24.9. The van der Waals surface area contributed by atoms with Gasteiger partial charge in [0.15, 0.2) is 0 Å². The molecule has 0 rings (SSSR count). The van der Waals surface area contributed by atoms with E-state index in [0.29, 0.717) is 23.9 Å². The van der Waals surface area contributed by atoms with Gasteiger partial charge in [-0.05, 0) is 58.3 Å². The van der Waals surface area contributed by atoms with Crippen LogP contribution in [-0.2, 0) is 18.4 Å². The van der Waals surface area contributed by atoms with E-state index in [-0.39, 0.29) is 18.9 Å². The molecule has 0 heterocycles. The van der Waals surface area contributed by atoms with Gasteiger partial charge < -0.3 is 24.9 Å². The van der Waals surface area contributed by atoms with Crippen LogP contribution in [0.25, 0.3) is 0 Å². The number of phosphoric ester groups is 1. The molecule has 9 nitrogen and oxygen atoms in total. The number of phosphoric acid groups is 1. The Morgan fingerprint density at radius 1 is 0.692 bits per heavy atom. The van der Waals surface area contributed by atoms with Crippen LogP contribution in [0.5, 0.6) is 0 Å². The third-order valence-electron chi connectivity index (χ3n) is 9.28. The summed E-state index contributed by atoms with van der Waals surface area (Å²) in [5, 5.41) is 24.6. The van der Waals surface area contributed by atoms with Crippen LogP contribution in [0.2, 0.25) is 0 Å². The van der Waals surface area contributed by atoms with Crippen LogP contribution in [0.3, 0.4) is 0 Å². The molecule has 0 aromatic heterocycles. The molecule has 306 valence electrons. The normalized spacial score (nSPS) is 15.5. The van der Waals surface area contributed by atoms with Gasteiger partial charge >= 0.3 is 7.82 Å². The summed E-state index contributed by atoms with van der Waals surface area (Å²) >= 11 is 0. The lowest BCUT2D eigenvalue weighted by Gasteiger charge is -2.28. The second-order valence-corrected chi connectivity index (χ2v) is 16.9. The van der Waals surface area contributed by atoms with Crippen molar-refractivity contribution in [2.45, 2.75) is 186 Å². The summed E-state index contributed by atoms with van der Waals surface area (Å²) in [7, 11) is 1.40. The molecule has 0 spiro atoms. The van der Waals surface area contributed by atoms with Crippen LogP contribution in [0.4, 0.5) is 0 Å². The topological polar surface area (TPSA) is 125 Å². The molecule has 52 heavy (non-hydrogen) atoms. The van der Waals surface area contributed by atoms with Crippen molar-refractivity contribution in [1.82, 2.24) is 5.32 Å². The Morgan fingerprint density at radius 3 is 1.63 bits per heavy atom. The van der Waals surface area contributed by atoms with Crippen molar-refractivity contribution in [3.05, 3.63) is 36.5 Å². The van der Waals surface area contributed by atoms with Crippen molar-refractivity contribution in [3.8, 4) is 0 Å². The van der Waals surface area contributed by atoms with Crippen LogP contribution in [0.1, 0.15) is 168 Å². The Hall–Kier alpha value is -1.32. The first kappa shape index (κ1) is 50.7. The zero-order chi connectivity index (χ0) is 38.8. The monoisotopic (exact) mass is 758 g/mol. The molecule has 0 saturated carbocycles. The van der Waals surface area contributed by atoms with E-state index >= 15 is 0 Å². The first-order valence-electron chi connectivity index (χ1n) is 20.9. The molecule has 0 saturated heterocycles. The van der Waals surface area contributed by atoms with Crippen molar-refractivity contribution in [2.24, 2.45) is 0 Å². The van der Waals surface area contributed by atoms with Crippen LogP contribution in [0, 0.1) is 0 Å². The number of likely N-dealkylation sites (N-methyl/N-ethyl adjacent to an activating group) is 1. The Labute approximate surface area is 319 Å². The number of rotatable bonds is 37. The molecule has 0 radical (unpaired) electrons. The van der Waals surface area contributed by atoms with E-state index in [9.17, 15) is 24.5 Å². The second kappa shape index (κ2) is 34.2. The Kier molecular flexibility index (Phi) is 33.3. The van der Waals surface area contributed by atoms with E-state index in [0.717, 1.165) is 51.4 Å². The molecule has 0 aromatic rings. The summed E-state index contributed by atoms with van der Waals surface area (Å²) in [6, 6.07) is -1.05. The van der Waals surface area contributed by atoms with Gasteiger partial charge in [0, 0.05) is 6.42 Å². The summed E-state index contributed by atoms with van der Waals surface area (Å²) in [5.41, 5.74) is 0. The summed E-state index contributed by atoms with van der Waals surface area (Å²) in [4.78, 5) is 23.1. The number of carbonyl (C=O) groups is 1. The molecule has 4 unspecified atom stereocenters. The highest BCUT2D eigenvalue weighted by atomic mass is 31.2. The molecular formula is C42H82N2O7P+. The maximum absolute atomic E-state index is 12.9. The molecule has 0 aliphatic heterocycles. The summed E-state index contributed by atoms with van der Waals surface area (Å²) in [5.74, 6) is -0.275. The van der Waals surface area contributed by atoms with Gasteiger partial charge in [0.2, 0.25) is 5.91 Å². The summed E-state index contributed by atoms with van der Waals surface area (Å²) < 4.78 is 23.4. The molecule has 1 amide bonds. The molecule has 0 aliphatic rings. The van der Waals surface area contributed by atoms with Gasteiger partial charge in [-0.25, -0.2) is 4.57 Å². The van der Waals surface area contributed by atoms with Gasteiger partial charge in [-0.15, -0.1) is 0 Å². The van der Waals surface area contributed by atoms with Gasteiger partial charge in [0.1, 0.15) is 19.3 Å². The van der Waals surface area contributed by atoms with E-state index in [2.05, 4.69) is 48.7 Å². The standard InChI is InChI=1S/C42H81N2O7P/c1-6-8-10-12-14-16-18-20-21-22-23-25-27-29-31-33-35-41(46)43-39(38-51-52(48,49)50-37-36-44(3,4)5)42(47)40(45)34-32-30-28-26-24-19-17-15-13-11-9-7-2/h7,9,15,17,26,28,39-40,42,45,47H,6,8,10-14,16,18-25,27,29-38H2,1-5H3,(H-,43,46,48,49)/p+1/b9-7+,17-15+,28-26+. The number of hydrogen-bond donors (Lipinski definition) is 4.